The van der Waals surface area contributed by atoms with Gasteiger partial charge in [0.05, 0.1) is 60.9 Å². The molecule has 0 spiro atoms. The molecule has 12 heteroatoms. The molecule has 4 aliphatic rings. The SMILES string of the molecule is CCO[C@@H]1OC(C(=O)N2CCc3cc(OC)c(OC)cc3[C@H]2C[C@H]2C[C@H]3c4cc(OC)c(OC)cc4CCN3C[C@@H]2CC)=C[C@H](C(C)C)[C@H]1CCOCCOCCO. The summed E-state index contributed by atoms with van der Waals surface area (Å²) in [6.45, 7) is 13.4. The topological polar surface area (TPSA) is 118 Å². The van der Waals surface area contributed by atoms with Crippen molar-refractivity contribution in [3.63, 3.8) is 0 Å². The molecule has 0 saturated carbocycles. The summed E-state index contributed by atoms with van der Waals surface area (Å²) in [5.74, 6) is 4.31. The van der Waals surface area contributed by atoms with Gasteiger partial charge in [-0.3, -0.25) is 9.69 Å². The molecule has 0 aromatic heterocycles. The number of methoxy groups -OCH3 is 4. The second-order valence-corrected chi connectivity index (χ2v) is 16.4. The zero-order chi connectivity index (χ0) is 41.3. The predicted molar refractivity (Wildman–Crippen MR) is 222 cm³/mol. The van der Waals surface area contributed by atoms with Crippen molar-refractivity contribution in [1.82, 2.24) is 9.80 Å². The van der Waals surface area contributed by atoms with Gasteiger partial charge in [-0.15, -0.1) is 0 Å². The van der Waals surface area contributed by atoms with Crippen LogP contribution in [0.15, 0.2) is 36.1 Å². The number of aliphatic hydroxyl groups is 1. The fourth-order valence-corrected chi connectivity index (χ4v) is 10.0. The number of allylic oxidation sites excluding steroid dienone is 1. The quantitative estimate of drug-likeness (QED) is 0.152. The van der Waals surface area contributed by atoms with E-state index in [1.807, 2.05) is 6.92 Å². The van der Waals surface area contributed by atoms with E-state index in [-0.39, 0.29) is 42.4 Å². The number of rotatable bonds is 19. The van der Waals surface area contributed by atoms with Gasteiger partial charge in [0.15, 0.2) is 28.8 Å². The number of nitrogens with zero attached hydrogens (tertiary/aromatic N) is 2. The third kappa shape index (κ3) is 9.57. The Balaban J connectivity index is 1.31. The molecule has 322 valence electrons. The molecule has 0 bridgehead atoms. The summed E-state index contributed by atoms with van der Waals surface area (Å²) in [7, 11) is 6.75. The van der Waals surface area contributed by atoms with Gasteiger partial charge in [-0.2, -0.15) is 0 Å². The monoisotopic (exact) mass is 808 g/mol. The van der Waals surface area contributed by atoms with Crippen LogP contribution in [0.3, 0.4) is 0 Å². The molecule has 1 saturated heterocycles. The Labute approximate surface area is 346 Å². The zero-order valence-corrected chi connectivity index (χ0v) is 36.1. The molecule has 4 aliphatic heterocycles. The molecule has 1 N–H and O–H groups in total. The van der Waals surface area contributed by atoms with Crippen LogP contribution in [-0.2, 0) is 36.6 Å². The molecule has 12 nitrogen and oxygen atoms in total. The van der Waals surface area contributed by atoms with Crippen molar-refractivity contribution in [2.75, 3.05) is 87.7 Å². The van der Waals surface area contributed by atoms with E-state index in [1.54, 1.807) is 28.4 Å². The van der Waals surface area contributed by atoms with Crippen LogP contribution in [-0.4, -0.2) is 115 Å². The highest BCUT2D eigenvalue weighted by Crippen LogP contribution is 2.50. The van der Waals surface area contributed by atoms with Crippen LogP contribution in [0.25, 0.3) is 0 Å². The van der Waals surface area contributed by atoms with E-state index in [1.165, 1.54) is 16.7 Å². The first-order chi connectivity index (χ1) is 28.2. The average molecular weight is 809 g/mol. The van der Waals surface area contributed by atoms with Gasteiger partial charge in [0.2, 0.25) is 6.29 Å². The van der Waals surface area contributed by atoms with Gasteiger partial charge in [-0.05, 0) is 115 Å². The maximum Gasteiger partial charge on any atom is 0.289 e. The molecule has 4 heterocycles. The second kappa shape index (κ2) is 20.6. The van der Waals surface area contributed by atoms with Gasteiger partial charge in [-0.25, -0.2) is 0 Å². The van der Waals surface area contributed by atoms with Crippen molar-refractivity contribution < 1.29 is 47.8 Å². The summed E-state index contributed by atoms with van der Waals surface area (Å²) in [5.41, 5.74) is 4.95. The predicted octanol–water partition coefficient (Wildman–Crippen LogP) is 6.76. The van der Waals surface area contributed by atoms with Gasteiger partial charge < -0.3 is 47.9 Å². The van der Waals surface area contributed by atoms with E-state index in [0.717, 1.165) is 55.8 Å². The van der Waals surface area contributed by atoms with Crippen LogP contribution in [0.5, 0.6) is 23.0 Å². The van der Waals surface area contributed by atoms with Gasteiger partial charge in [0, 0.05) is 44.8 Å². The normalized spacial score (nSPS) is 25.6. The van der Waals surface area contributed by atoms with Crippen LogP contribution in [0, 0.1) is 29.6 Å². The Hall–Kier alpha value is -3.55. The first-order valence-corrected chi connectivity index (χ1v) is 21.5. The van der Waals surface area contributed by atoms with Gasteiger partial charge in [0.1, 0.15) is 0 Å². The second-order valence-electron chi connectivity index (χ2n) is 16.4. The molecule has 58 heavy (non-hydrogen) atoms. The highest BCUT2D eigenvalue weighted by atomic mass is 16.7. The number of fused-ring (bicyclic) bond motifs is 4. The van der Waals surface area contributed by atoms with Crippen LogP contribution < -0.4 is 18.9 Å². The molecule has 1 fully saturated rings. The molecule has 2 aromatic rings. The number of amides is 1. The minimum absolute atomic E-state index is 0.00701. The average Bonchev–Trinajstić information content (AvgIpc) is 3.24. The lowest BCUT2D eigenvalue weighted by Gasteiger charge is -2.49. The first kappa shape index (κ1) is 44.0. The molecule has 0 aliphatic carbocycles. The number of hydrogen-bond donors (Lipinski definition) is 1. The summed E-state index contributed by atoms with van der Waals surface area (Å²) in [6, 6.07) is 8.61. The number of carbonyl (C=O) groups excluding carboxylic acids is 1. The first-order valence-electron chi connectivity index (χ1n) is 21.5. The van der Waals surface area contributed by atoms with Gasteiger partial charge in [-0.1, -0.05) is 27.2 Å². The van der Waals surface area contributed by atoms with Crippen LogP contribution >= 0.6 is 0 Å². The summed E-state index contributed by atoms with van der Waals surface area (Å²) >= 11 is 0. The lowest BCUT2D eigenvalue weighted by atomic mass is 9.72. The van der Waals surface area contributed by atoms with E-state index in [0.29, 0.717) is 81.5 Å². The Bertz CT molecular complexity index is 1700. The molecule has 6 rings (SSSR count). The Morgan fingerprint density at radius 1 is 0.828 bits per heavy atom. The van der Waals surface area contributed by atoms with Gasteiger partial charge >= 0.3 is 0 Å². The number of piperidine rings is 1. The van der Waals surface area contributed by atoms with Gasteiger partial charge in [0.25, 0.3) is 5.91 Å². The standard InChI is InChI=1S/C46H68N2O10/c1-9-30-28-47-14-11-31-23-40(51-5)42(53-7)26-36(31)38(47)21-33(30)22-39-37-27-43(54-8)41(52-6)24-32(37)12-15-48(39)45(50)44-25-35(29(3)4)34(46(58-44)57-10-2)13-17-55-19-20-56-18-16-49/h23-27,29-30,33-35,38-39,46,49H,9-22,28H2,1-8H3/t30-,33+,34+,35+,38-,39+,46+/m0/s1. The minimum Gasteiger partial charge on any atom is -0.493 e. The lowest BCUT2D eigenvalue weighted by Crippen LogP contribution is -2.48. The number of benzene rings is 2. The summed E-state index contributed by atoms with van der Waals surface area (Å²) in [5, 5.41) is 8.99. The van der Waals surface area contributed by atoms with E-state index in [9.17, 15) is 0 Å². The number of hydrogen-bond acceptors (Lipinski definition) is 11. The largest absolute Gasteiger partial charge is 0.493 e. The Morgan fingerprint density at radius 2 is 1.45 bits per heavy atom. The maximum atomic E-state index is 15.1. The van der Waals surface area contributed by atoms with E-state index in [2.05, 4.69) is 60.9 Å². The van der Waals surface area contributed by atoms with Crippen molar-refractivity contribution in [3.05, 3.63) is 58.4 Å². The van der Waals surface area contributed by atoms with Crippen molar-refractivity contribution in [2.45, 2.75) is 84.6 Å². The maximum absolute atomic E-state index is 15.1. The molecular weight excluding hydrogens is 741 g/mol. The van der Waals surface area contributed by atoms with Crippen molar-refractivity contribution in [1.29, 1.82) is 0 Å². The number of aliphatic hydroxyl groups excluding tert-OH is 1. The smallest absolute Gasteiger partial charge is 0.289 e. The summed E-state index contributed by atoms with van der Waals surface area (Å²) in [6.07, 6.45) is 6.75. The molecule has 7 atom stereocenters. The highest BCUT2D eigenvalue weighted by molar-refractivity contribution is 5.92. The summed E-state index contributed by atoms with van der Waals surface area (Å²) in [4.78, 5) is 19.8. The number of ether oxygens (including phenoxy) is 8. The highest BCUT2D eigenvalue weighted by Gasteiger charge is 2.45. The van der Waals surface area contributed by atoms with E-state index < -0.39 is 6.29 Å². The van der Waals surface area contributed by atoms with Crippen LogP contribution in [0.4, 0.5) is 0 Å². The minimum atomic E-state index is -0.578. The van der Waals surface area contributed by atoms with Crippen LogP contribution in [0.1, 0.15) is 87.7 Å². The van der Waals surface area contributed by atoms with E-state index in [4.69, 9.17) is 43.0 Å². The van der Waals surface area contributed by atoms with E-state index >= 15 is 4.79 Å². The van der Waals surface area contributed by atoms with Crippen LogP contribution in [0.2, 0.25) is 0 Å². The fraction of sp³-hybridized carbons (Fsp3) is 0.674. The lowest BCUT2D eigenvalue weighted by molar-refractivity contribution is -0.181. The Kier molecular flexibility index (Phi) is 15.6. The number of carbonyl (C=O) groups is 1. The molecule has 0 radical (unpaired) electrons. The van der Waals surface area contributed by atoms with Crippen molar-refractivity contribution >= 4 is 5.91 Å². The fourth-order valence-electron chi connectivity index (χ4n) is 10.0. The Morgan fingerprint density at radius 3 is 2.07 bits per heavy atom. The zero-order valence-electron chi connectivity index (χ0n) is 36.1. The van der Waals surface area contributed by atoms with Crippen molar-refractivity contribution in [3.8, 4) is 23.0 Å². The summed E-state index contributed by atoms with van der Waals surface area (Å²) < 4.78 is 47.2. The molecule has 0 unspecified atom stereocenters. The molecular formula is C46H68N2O10. The molecule has 1 amide bonds. The molecule has 2 aromatic carbocycles. The van der Waals surface area contributed by atoms with Crippen molar-refractivity contribution in [2.24, 2.45) is 29.6 Å². The third-order valence-corrected chi connectivity index (χ3v) is 13.0. The third-order valence-electron chi connectivity index (χ3n) is 13.0.